The Bertz CT molecular complexity index is 968. The number of nitrogen functional groups attached to an aromatic ring is 1. The van der Waals surface area contributed by atoms with Gasteiger partial charge in [-0.2, -0.15) is 8.78 Å². The van der Waals surface area contributed by atoms with Crippen molar-refractivity contribution in [2.75, 3.05) is 35.2 Å². The SMILES string of the molecule is Nc1ncc(-c2cc(N3CC4OC[C@H]43)cc(N3CC4CC3C4)n2)cc1OC(F)F. The number of pyridine rings is 2. The highest BCUT2D eigenvalue weighted by molar-refractivity contribution is 5.72. The summed E-state index contributed by atoms with van der Waals surface area (Å²) in [5, 5.41) is 0. The van der Waals surface area contributed by atoms with Crippen molar-refractivity contribution in [1.82, 2.24) is 9.97 Å². The Morgan fingerprint density at radius 1 is 1.17 bits per heavy atom. The Morgan fingerprint density at radius 2 is 2.03 bits per heavy atom. The topological polar surface area (TPSA) is 76.7 Å². The summed E-state index contributed by atoms with van der Waals surface area (Å²) in [4.78, 5) is 13.6. The number of fused-ring (bicyclic) bond motifs is 2. The minimum absolute atomic E-state index is 0.0667. The number of hydrogen-bond donors (Lipinski definition) is 1. The number of morpholine rings is 1. The number of halogens is 2. The van der Waals surface area contributed by atoms with Crippen LogP contribution in [0.15, 0.2) is 24.4 Å². The number of ether oxygens (including phenoxy) is 2. The van der Waals surface area contributed by atoms with Gasteiger partial charge in [0.05, 0.1) is 24.4 Å². The second-order valence-electron chi connectivity index (χ2n) is 8.29. The van der Waals surface area contributed by atoms with Crippen molar-refractivity contribution in [2.45, 2.75) is 37.6 Å². The van der Waals surface area contributed by atoms with Crippen molar-refractivity contribution in [3.8, 4) is 17.0 Å². The Morgan fingerprint density at radius 3 is 2.66 bits per heavy atom. The molecule has 7 rings (SSSR count). The minimum atomic E-state index is -2.96. The van der Waals surface area contributed by atoms with Crippen molar-refractivity contribution < 1.29 is 18.3 Å². The molecule has 0 amide bonds. The lowest BCUT2D eigenvalue weighted by Gasteiger charge is -2.56. The van der Waals surface area contributed by atoms with Gasteiger partial charge < -0.3 is 25.0 Å². The van der Waals surface area contributed by atoms with Gasteiger partial charge >= 0.3 is 6.61 Å². The summed E-state index contributed by atoms with van der Waals surface area (Å²) in [6.45, 7) is -0.339. The molecule has 152 valence electrons. The quantitative estimate of drug-likeness (QED) is 0.825. The average molecular weight is 401 g/mol. The number of nitrogens with two attached hydrogens (primary N) is 1. The molecule has 29 heavy (non-hydrogen) atoms. The Labute approximate surface area is 166 Å². The van der Waals surface area contributed by atoms with E-state index in [1.807, 2.05) is 6.07 Å². The number of alkyl halides is 2. The van der Waals surface area contributed by atoms with Crippen LogP contribution in [0.3, 0.4) is 0 Å². The van der Waals surface area contributed by atoms with Gasteiger partial charge in [-0.05, 0) is 30.9 Å². The highest BCUT2D eigenvalue weighted by Crippen LogP contribution is 2.45. The number of anilines is 3. The zero-order valence-electron chi connectivity index (χ0n) is 15.7. The molecule has 2 N–H and O–H groups in total. The van der Waals surface area contributed by atoms with Gasteiger partial charge in [-0.25, -0.2) is 9.97 Å². The summed E-state index contributed by atoms with van der Waals surface area (Å²) in [6, 6.07) is 6.57. The van der Waals surface area contributed by atoms with E-state index >= 15 is 0 Å². The zero-order chi connectivity index (χ0) is 19.7. The summed E-state index contributed by atoms with van der Waals surface area (Å²) in [5.74, 6) is 1.49. The molecule has 2 aromatic heterocycles. The largest absolute Gasteiger partial charge is 0.431 e. The van der Waals surface area contributed by atoms with E-state index in [1.54, 1.807) is 6.20 Å². The van der Waals surface area contributed by atoms with Crippen LogP contribution in [0.2, 0.25) is 0 Å². The van der Waals surface area contributed by atoms with Gasteiger partial charge in [0.1, 0.15) is 5.82 Å². The molecule has 2 bridgehead atoms. The number of aromatic nitrogens is 2. The predicted molar refractivity (Wildman–Crippen MR) is 103 cm³/mol. The van der Waals surface area contributed by atoms with E-state index in [0.29, 0.717) is 29.4 Å². The maximum absolute atomic E-state index is 12.7. The van der Waals surface area contributed by atoms with Crippen LogP contribution in [-0.4, -0.2) is 54.5 Å². The molecular weight excluding hydrogens is 380 g/mol. The highest BCUT2D eigenvalue weighted by atomic mass is 19.3. The van der Waals surface area contributed by atoms with Crippen LogP contribution in [0.4, 0.5) is 26.1 Å². The second kappa shape index (κ2) is 6.16. The maximum atomic E-state index is 12.7. The molecule has 4 saturated heterocycles. The van der Waals surface area contributed by atoms with E-state index in [1.165, 1.54) is 18.9 Å². The molecule has 1 saturated carbocycles. The Balaban J connectivity index is 1.40. The van der Waals surface area contributed by atoms with E-state index in [0.717, 1.165) is 37.1 Å². The highest BCUT2D eigenvalue weighted by Gasteiger charge is 2.48. The second-order valence-corrected chi connectivity index (χ2v) is 8.29. The van der Waals surface area contributed by atoms with Crippen molar-refractivity contribution in [1.29, 1.82) is 0 Å². The van der Waals surface area contributed by atoms with Crippen LogP contribution < -0.4 is 20.3 Å². The molecular formula is C20H21F2N5O2. The molecule has 0 spiro atoms. The first-order valence-electron chi connectivity index (χ1n) is 9.93. The lowest BCUT2D eigenvalue weighted by atomic mass is 9.86. The van der Waals surface area contributed by atoms with Gasteiger partial charge in [0.15, 0.2) is 11.6 Å². The Hall–Kier alpha value is -2.68. The summed E-state index contributed by atoms with van der Waals surface area (Å²) >= 11 is 0. The van der Waals surface area contributed by atoms with Crippen LogP contribution >= 0.6 is 0 Å². The van der Waals surface area contributed by atoms with Gasteiger partial charge in [0.2, 0.25) is 0 Å². The van der Waals surface area contributed by atoms with Crippen molar-refractivity contribution >= 4 is 17.3 Å². The van der Waals surface area contributed by atoms with Crippen LogP contribution in [0.25, 0.3) is 11.3 Å². The summed E-state index contributed by atoms with van der Waals surface area (Å²) in [6.07, 6.45) is 4.32. The van der Waals surface area contributed by atoms with Crippen LogP contribution in [0, 0.1) is 5.92 Å². The normalized spacial score (nSPS) is 29.2. The molecule has 9 heteroatoms. The van der Waals surface area contributed by atoms with Crippen LogP contribution in [0.5, 0.6) is 5.75 Å². The van der Waals surface area contributed by atoms with E-state index in [-0.39, 0.29) is 11.6 Å². The van der Waals surface area contributed by atoms with E-state index in [2.05, 4.69) is 25.6 Å². The fourth-order valence-corrected chi connectivity index (χ4v) is 4.83. The van der Waals surface area contributed by atoms with Gasteiger partial charge in [-0.1, -0.05) is 0 Å². The molecule has 6 heterocycles. The lowest BCUT2D eigenvalue weighted by Crippen LogP contribution is -2.70. The van der Waals surface area contributed by atoms with Crippen LogP contribution in [0.1, 0.15) is 12.8 Å². The Kier molecular flexibility index (Phi) is 3.65. The number of rotatable bonds is 5. The monoisotopic (exact) mass is 401 g/mol. The summed E-state index contributed by atoms with van der Waals surface area (Å²) in [7, 11) is 0. The first kappa shape index (κ1) is 17.2. The molecule has 1 unspecified atom stereocenters. The minimum Gasteiger partial charge on any atom is -0.431 e. The lowest BCUT2D eigenvalue weighted by molar-refractivity contribution is -0.113. The first-order chi connectivity index (χ1) is 14.0. The van der Waals surface area contributed by atoms with E-state index in [4.69, 9.17) is 15.5 Å². The molecule has 1 aliphatic carbocycles. The average Bonchev–Trinajstić information content (AvgIpc) is 3.26. The molecule has 2 atom stereocenters. The molecule has 2 aromatic rings. The fraction of sp³-hybridized carbons (Fsp3) is 0.500. The number of nitrogens with zero attached hydrogens (tertiary/aromatic N) is 4. The maximum Gasteiger partial charge on any atom is 0.387 e. The summed E-state index contributed by atoms with van der Waals surface area (Å²) < 4.78 is 35.5. The smallest absolute Gasteiger partial charge is 0.387 e. The van der Waals surface area contributed by atoms with Gasteiger partial charge in [-0.3, -0.25) is 0 Å². The predicted octanol–water partition coefficient (Wildman–Crippen LogP) is 2.51. The van der Waals surface area contributed by atoms with Crippen molar-refractivity contribution in [2.24, 2.45) is 5.92 Å². The fourth-order valence-electron chi connectivity index (χ4n) is 4.83. The third-order valence-electron chi connectivity index (χ3n) is 6.61. The summed E-state index contributed by atoms with van der Waals surface area (Å²) in [5.41, 5.74) is 8.06. The third kappa shape index (κ3) is 2.71. The van der Waals surface area contributed by atoms with Crippen molar-refractivity contribution in [3.63, 3.8) is 0 Å². The molecule has 4 aliphatic heterocycles. The molecule has 0 radical (unpaired) electrons. The molecule has 7 nitrogen and oxygen atoms in total. The van der Waals surface area contributed by atoms with Gasteiger partial charge in [0.25, 0.3) is 0 Å². The van der Waals surface area contributed by atoms with Gasteiger partial charge in [0, 0.05) is 42.6 Å². The zero-order valence-corrected chi connectivity index (χ0v) is 15.7. The van der Waals surface area contributed by atoms with Crippen molar-refractivity contribution in [3.05, 3.63) is 24.4 Å². The van der Waals surface area contributed by atoms with Gasteiger partial charge in [-0.15, -0.1) is 0 Å². The van der Waals surface area contributed by atoms with E-state index in [9.17, 15) is 8.78 Å². The van der Waals surface area contributed by atoms with E-state index < -0.39 is 6.61 Å². The molecule has 5 aliphatic rings. The standard InChI is InChI=1S/C20H21F2N5O2/c21-20(22)29-16-3-11(6-24-19(16)23)14-4-13(26-8-17-15(26)9-28-17)5-18(25-14)27-7-10-1-12(27)2-10/h3-6,10,12,15,17,20H,1-2,7-9H2,(H2,23,24)/t10?,12?,15-,17?/m1/s1. The number of hydrogen-bond acceptors (Lipinski definition) is 7. The van der Waals surface area contributed by atoms with Crippen LogP contribution in [-0.2, 0) is 4.74 Å². The third-order valence-corrected chi connectivity index (χ3v) is 6.61. The molecule has 5 fully saturated rings. The molecule has 0 aromatic carbocycles. The first-order valence-corrected chi connectivity index (χ1v) is 9.93.